The first kappa shape index (κ1) is 12.5. The Morgan fingerprint density at radius 1 is 1.28 bits per heavy atom. The molecule has 0 atom stereocenters. The van der Waals surface area contributed by atoms with Crippen molar-refractivity contribution in [3.8, 4) is 17.6 Å². The Labute approximate surface area is 114 Å². The lowest BCUT2D eigenvalue weighted by atomic mass is 10.2. The van der Waals surface area contributed by atoms with Gasteiger partial charge in [0.2, 0.25) is 0 Å². The zero-order chi connectivity index (χ0) is 13.1. The lowest BCUT2D eigenvalue weighted by molar-refractivity contribution is 0.479. The minimum absolute atomic E-state index is 0.485. The molecule has 0 aliphatic rings. The second-order valence-electron chi connectivity index (χ2n) is 3.85. The van der Waals surface area contributed by atoms with Gasteiger partial charge in [-0.3, -0.25) is 0 Å². The van der Waals surface area contributed by atoms with Crippen molar-refractivity contribution < 1.29 is 4.74 Å². The first-order valence-electron chi connectivity index (χ1n) is 5.34. The fraction of sp³-hybridized carbons (Fsp3) is 0.0714. The third-order valence-corrected chi connectivity index (χ3v) is 2.95. The number of anilines is 1. The van der Waals surface area contributed by atoms with E-state index in [0.717, 1.165) is 10.0 Å². The molecule has 0 unspecified atom stereocenters. The van der Waals surface area contributed by atoms with Gasteiger partial charge < -0.3 is 10.5 Å². The quantitative estimate of drug-likeness (QED) is 0.853. The van der Waals surface area contributed by atoms with Crippen LogP contribution in [0.15, 0.2) is 40.9 Å². The van der Waals surface area contributed by atoms with Crippen LogP contribution in [0.3, 0.4) is 0 Å². The van der Waals surface area contributed by atoms with Crippen LogP contribution in [0, 0.1) is 18.3 Å². The molecule has 0 spiro atoms. The van der Waals surface area contributed by atoms with Crippen molar-refractivity contribution in [3.05, 3.63) is 52.0 Å². The number of para-hydroxylation sites is 1. The number of nitrogen functional groups attached to an aromatic ring is 1. The van der Waals surface area contributed by atoms with E-state index in [9.17, 15) is 0 Å². The molecule has 0 heterocycles. The maximum atomic E-state index is 9.01. The summed E-state index contributed by atoms with van der Waals surface area (Å²) in [5.74, 6) is 1.10. The molecule has 0 saturated carbocycles. The molecule has 0 amide bonds. The fourth-order valence-corrected chi connectivity index (χ4v) is 2.24. The summed E-state index contributed by atoms with van der Waals surface area (Å²) in [5, 5.41) is 9.01. The lowest BCUT2D eigenvalue weighted by Gasteiger charge is -2.12. The molecule has 90 valence electrons. The van der Waals surface area contributed by atoms with Crippen molar-refractivity contribution in [3.63, 3.8) is 0 Å². The van der Waals surface area contributed by atoms with Crippen LogP contribution in [-0.2, 0) is 0 Å². The predicted octanol–water partition coefficient (Wildman–Crippen LogP) is 4.00. The number of hydrogen-bond acceptors (Lipinski definition) is 3. The van der Waals surface area contributed by atoms with E-state index >= 15 is 0 Å². The molecule has 4 heteroatoms. The Balaban J connectivity index is 2.44. The van der Waals surface area contributed by atoms with E-state index < -0.39 is 0 Å². The molecule has 0 radical (unpaired) electrons. The number of nitrogens with two attached hydrogens (primary N) is 1. The van der Waals surface area contributed by atoms with Gasteiger partial charge in [-0.1, -0.05) is 28.1 Å². The summed E-state index contributed by atoms with van der Waals surface area (Å²) < 4.78 is 6.65. The highest BCUT2D eigenvalue weighted by atomic mass is 79.9. The second kappa shape index (κ2) is 5.11. The average Bonchev–Trinajstić information content (AvgIpc) is 2.34. The van der Waals surface area contributed by atoms with Gasteiger partial charge in [-0.25, -0.2) is 0 Å². The first-order chi connectivity index (χ1) is 8.61. The third-order valence-electron chi connectivity index (χ3n) is 2.49. The Bertz CT molecular complexity index is 609. The Kier molecular flexibility index (Phi) is 3.54. The van der Waals surface area contributed by atoms with Gasteiger partial charge in [0, 0.05) is 4.47 Å². The number of halogens is 1. The van der Waals surface area contributed by atoms with E-state index in [1.54, 1.807) is 24.3 Å². The monoisotopic (exact) mass is 302 g/mol. The highest BCUT2D eigenvalue weighted by Crippen LogP contribution is 2.34. The van der Waals surface area contributed by atoms with Crippen LogP contribution in [-0.4, -0.2) is 0 Å². The van der Waals surface area contributed by atoms with Crippen molar-refractivity contribution in [1.29, 1.82) is 5.26 Å². The Morgan fingerprint density at radius 2 is 2.00 bits per heavy atom. The van der Waals surface area contributed by atoms with E-state index in [1.807, 2.05) is 19.1 Å². The van der Waals surface area contributed by atoms with Crippen molar-refractivity contribution in [2.24, 2.45) is 0 Å². The Hall–Kier alpha value is -1.99. The van der Waals surface area contributed by atoms with Crippen LogP contribution >= 0.6 is 15.9 Å². The maximum absolute atomic E-state index is 9.01. The molecule has 0 aliphatic heterocycles. The molecule has 0 saturated heterocycles. The molecule has 0 aliphatic carbocycles. The number of ether oxygens (including phenoxy) is 1. The topological polar surface area (TPSA) is 59.0 Å². The standard InChI is InChI=1S/C14H11BrN2O/c1-9-6-11(15)7-12(17)14(9)18-13-5-3-2-4-10(13)8-16/h2-7H,17H2,1H3. The van der Waals surface area contributed by atoms with Gasteiger partial charge in [0.1, 0.15) is 11.8 Å². The van der Waals surface area contributed by atoms with Gasteiger partial charge in [0.25, 0.3) is 0 Å². The number of rotatable bonds is 2. The maximum Gasteiger partial charge on any atom is 0.153 e. The third kappa shape index (κ3) is 2.47. The first-order valence-corrected chi connectivity index (χ1v) is 6.13. The van der Waals surface area contributed by atoms with Crippen molar-refractivity contribution in [2.45, 2.75) is 6.92 Å². The SMILES string of the molecule is Cc1cc(Br)cc(N)c1Oc1ccccc1C#N. The number of nitrogens with zero attached hydrogens (tertiary/aromatic N) is 1. The zero-order valence-electron chi connectivity index (χ0n) is 9.77. The van der Waals surface area contributed by atoms with E-state index in [1.165, 1.54) is 0 Å². The largest absolute Gasteiger partial charge is 0.454 e. The smallest absolute Gasteiger partial charge is 0.153 e. The highest BCUT2D eigenvalue weighted by molar-refractivity contribution is 9.10. The van der Waals surface area contributed by atoms with Crippen LogP contribution < -0.4 is 10.5 Å². The van der Waals surface area contributed by atoms with Gasteiger partial charge in [-0.15, -0.1) is 0 Å². The van der Waals surface area contributed by atoms with Crippen LogP contribution in [0.4, 0.5) is 5.69 Å². The molecule has 2 rings (SSSR count). The van der Waals surface area contributed by atoms with Crippen LogP contribution in [0.5, 0.6) is 11.5 Å². The average molecular weight is 303 g/mol. The number of hydrogen-bond donors (Lipinski definition) is 1. The molecule has 0 bridgehead atoms. The summed E-state index contributed by atoms with van der Waals surface area (Å²) in [6.07, 6.45) is 0. The summed E-state index contributed by atoms with van der Waals surface area (Å²) in [7, 11) is 0. The van der Waals surface area contributed by atoms with Gasteiger partial charge in [0.05, 0.1) is 11.3 Å². The van der Waals surface area contributed by atoms with Crippen molar-refractivity contribution >= 4 is 21.6 Å². The number of benzene rings is 2. The number of nitriles is 1. The highest BCUT2D eigenvalue weighted by Gasteiger charge is 2.10. The van der Waals surface area contributed by atoms with Crippen molar-refractivity contribution in [2.75, 3.05) is 5.73 Å². The molecule has 18 heavy (non-hydrogen) atoms. The lowest BCUT2D eigenvalue weighted by Crippen LogP contribution is -1.96. The minimum Gasteiger partial charge on any atom is -0.454 e. The molecular formula is C14H11BrN2O. The van der Waals surface area contributed by atoms with Gasteiger partial charge in [-0.2, -0.15) is 5.26 Å². The van der Waals surface area contributed by atoms with Crippen LogP contribution in [0.2, 0.25) is 0 Å². The summed E-state index contributed by atoms with van der Waals surface area (Å²) in [4.78, 5) is 0. The number of aryl methyl sites for hydroxylation is 1. The summed E-state index contributed by atoms with van der Waals surface area (Å²) in [6, 6.07) is 12.9. The van der Waals surface area contributed by atoms with Crippen LogP contribution in [0.1, 0.15) is 11.1 Å². The molecule has 2 aromatic carbocycles. The van der Waals surface area contributed by atoms with Gasteiger partial charge in [0.15, 0.2) is 5.75 Å². The minimum atomic E-state index is 0.485. The molecule has 2 aromatic rings. The predicted molar refractivity (Wildman–Crippen MR) is 74.5 cm³/mol. The van der Waals surface area contributed by atoms with E-state index in [4.69, 9.17) is 15.7 Å². The van der Waals surface area contributed by atoms with E-state index in [-0.39, 0.29) is 0 Å². The summed E-state index contributed by atoms with van der Waals surface area (Å²) in [6.45, 7) is 1.91. The normalized spacial score (nSPS) is 9.83. The molecular weight excluding hydrogens is 292 g/mol. The summed E-state index contributed by atoms with van der Waals surface area (Å²) >= 11 is 3.37. The molecule has 0 fully saturated rings. The van der Waals surface area contributed by atoms with Crippen LogP contribution in [0.25, 0.3) is 0 Å². The van der Waals surface area contributed by atoms with Crippen molar-refractivity contribution in [1.82, 2.24) is 0 Å². The summed E-state index contributed by atoms with van der Waals surface area (Å²) in [5.41, 5.74) is 7.86. The van der Waals surface area contributed by atoms with Gasteiger partial charge in [-0.05, 0) is 36.8 Å². The Morgan fingerprint density at radius 3 is 2.67 bits per heavy atom. The van der Waals surface area contributed by atoms with Gasteiger partial charge >= 0.3 is 0 Å². The fourth-order valence-electron chi connectivity index (χ4n) is 1.65. The van der Waals surface area contributed by atoms with E-state index in [0.29, 0.717) is 22.7 Å². The van der Waals surface area contributed by atoms with E-state index in [2.05, 4.69) is 22.0 Å². The molecule has 0 aromatic heterocycles. The zero-order valence-corrected chi connectivity index (χ0v) is 11.4. The molecule has 3 nitrogen and oxygen atoms in total. The molecule has 2 N–H and O–H groups in total. The second-order valence-corrected chi connectivity index (χ2v) is 4.77.